The van der Waals surface area contributed by atoms with Gasteiger partial charge in [-0.05, 0) is 19.0 Å². The second kappa shape index (κ2) is 10.3. The topological polar surface area (TPSA) is 76.7 Å². The Morgan fingerprint density at radius 2 is 2.05 bits per heavy atom. The third kappa shape index (κ3) is 7.35. The number of thiophene rings is 1. The van der Waals surface area contributed by atoms with E-state index in [1.807, 2.05) is 0 Å². The molecule has 0 saturated carbocycles. The van der Waals surface area contributed by atoms with Crippen LogP contribution in [-0.2, 0) is 26.0 Å². The second-order valence-electron chi connectivity index (χ2n) is 4.43. The molecule has 0 amide bonds. The summed E-state index contributed by atoms with van der Waals surface area (Å²) in [6, 6.07) is 1.71. The predicted octanol–water partition coefficient (Wildman–Crippen LogP) is 1.19. The van der Waals surface area contributed by atoms with Crippen LogP contribution in [0.5, 0.6) is 0 Å². The summed E-state index contributed by atoms with van der Waals surface area (Å²) in [5, 5.41) is 4.92. The van der Waals surface area contributed by atoms with E-state index in [-0.39, 0.29) is 6.54 Å². The predicted molar refractivity (Wildman–Crippen MR) is 84.2 cm³/mol. The maximum atomic E-state index is 12.1. The lowest BCUT2D eigenvalue weighted by Gasteiger charge is -2.06. The number of sulfonamides is 1. The lowest BCUT2D eigenvalue weighted by molar-refractivity contribution is 0.0736. The van der Waals surface area contributed by atoms with Crippen LogP contribution in [0.4, 0.5) is 0 Å². The van der Waals surface area contributed by atoms with Crippen LogP contribution >= 0.6 is 11.3 Å². The zero-order chi connectivity index (χ0) is 15.6. The molecule has 1 heterocycles. The summed E-state index contributed by atoms with van der Waals surface area (Å²) in [7, 11) is -1.85. The molecule has 1 rings (SSSR count). The zero-order valence-corrected chi connectivity index (χ0v) is 14.2. The van der Waals surface area contributed by atoms with Crippen LogP contribution in [0.3, 0.4) is 0 Å². The molecule has 1 aromatic heterocycles. The Kier molecular flexibility index (Phi) is 9.05. The molecule has 0 spiro atoms. The fourth-order valence-electron chi connectivity index (χ4n) is 1.56. The molecule has 0 fully saturated rings. The average Bonchev–Trinajstić information content (AvgIpc) is 2.93. The van der Waals surface area contributed by atoms with E-state index in [1.165, 1.54) is 11.3 Å². The van der Waals surface area contributed by atoms with Gasteiger partial charge in [0.15, 0.2) is 0 Å². The molecule has 0 radical (unpaired) electrons. The summed E-state index contributed by atoms with van der Waals surface area (Å²) in [6.07, 6.45) is 1.06. The highest BCUT2D eigenvalue weighted by Crippen LogP contribution is 2.18. The van der Waals surface area contributed by atoms with Crippen molar-refractivity contribution in [3.05, 3.63) is 16.3 Å². The maximum absolute atomic E-state index is 12.1. The molecule has 0 bridgehead atoms. The molecular weight excluding hydrogens is 312 g/mol. The van der Waals surface area contributed by atoms with Gasteiger partial charge in [-0.3, -0.25) is 0 Å². The van der Waals surface area contributed by atoms with Gasteiger partial charge >= 0.3 is 0 Å². The quantitative estimate of drug-likeness (QED) is 0.561. The van der Waals surface area contributed by atoms with Gasteiger partial charge in [0.25, 0.3) is 0 Å². The fraction of sp³-hybridized carbons (Fsp3) is 0.692. The van der Waals surface area contributed by atoms with Gasteiger partial charge in [-0.1, -0.05) is 6.92 Å². The van der Waals surface area contributed by atoms with Gasteiger partial charge in [-0.25, -0.2) is 13.1 Å². The number of hydrogen-bond donors (Lipinski definition) is 2. The molecule has 6 nitrogen and oxygen atoms in total. The van der Waals surface area contributed by atoms with Crippen LogP contribution in [0.1, 0.15) is 18.2 Å². The van der Waals surface area contributed by atoms with E-state index in [0.29, 0.717) is 31.3 Å². The van der Waals surface area contributed by atoms with E-state index in [0.717, 1.165) is 17.8 Å². The van der Waals surface area contributed by atoms with Crippen LogP contribution in [0.15, 0.2) is 16.3 Å². The van der Waals surface area contributed by atoms with Crippen molar-refractivity contribution in [2.24, 2.45) is 0 Å². The van der Waals surface area contributed by atoms with Crippen molar-refractivity contribution in [1.29, 1.82) is 0 Å². The van der Waals surface area contributed by atoms with Gasteiger partial charge in [0, 0.05) is 30.5 Å². The van der Waals surface area contributed by atoms with Crippen molar-refractivity contribution in [3.63, 3.8) is 0 Å². The average molecular weight is 336 g/mol. The van der Waals surface area contributed by atoms with E-state index in [9.17, 15) is 8.42 Å². The molecule has 0 atom stereocenters. The molecule has 21 heavy (non-hydrogen) atoms. The van der Waals surface area contributed by atoms with E-state index >= 15 is 0 Å². The van der Waals surface area contributed by atoms with Crippen LogP contribution in [0.25, 0.3) is 0 Å². The monoisotopic (exact) mass is 336 g/mol. The molecule has 8 heteroatoms. The minimum Gasteiger partial charge on any atom is -0.382 e. The van der Waals surface area contributed by atoms with Gasteiger partial charge in [0.05, 0.1) is 24.7 Å². The second-order valence-corrected chi connectivity index (χ2v) is 7.19. The summed E-state index contributed by atoms with van der Waals surface area (Å²) in [5.74, 6) is 0. The van der Waals surface area contributed by atoms with E-state index < -0.39 is 10.0 Å². The number of hydrogen-bond acceptors (Lipinski definition) is 6. The third-order valence-corrected chi connectivity index (χ3v) is 5.16. The summed E-state index contributed by atoms with van der Waals surface area (Å²) < 4.78 is 36.7. The highest BCUT2D eigenvalue weighted by Gasteiger charge is 2.15. The molecule has 0 aliphatic heterocycles. The first kappa shape index (κ1) is 18.5. The van der Waals surface area contributed by atoms with Gasteiger partial charge in [-0.15, -0.1) is 11.3 Å². The number of rotatable bonds is 12. The summed E-state index contributed by atoms with van der Waals surface area (Å²) in [4.78, 5) is 1.33. The Balaban J connectivity index is 2.36. The van der Waals surface area contributed by atoms with E-state index in [1.54, 1.807) is 18.6 Å². The lowest BCUT2D eigenvalue weighted by atomic mass is 10.4. The fourth-order valence-corrected chi connectivity index (χ4v) is 3.82. The number of methoxy groups -OCH3 is 1. The van der Waals surface area contributed by atoms with Crippen LogP contribution in [0, 0.1) is 0 Å². The standard InChI is InChI=1S/C13H24N2O4S2/c1-3-4-14-10-12-9-13(11-20-12)21(16,17)15-5-6-19-8-7-18-2/h9,11,14-15H,3-8,10H2,1-2H3. The highest BCUT2D eigenvalue weighted by molar-refractivity contribution is 7.89. The SMILES string of the molecule is CCCNCc1cc(S(=O)(=O)NCCOCCOC)cs1. The zero-order valence-electron chi connectivity index (χ0n) is 12.6. The van der Waals surface area contributed by atoms with E-state index in [2.05, 4.69) is 17.0 Å². The maximum Gasteiger partial charge on any atom is 0.241 e. The minimum atomic E-state index is -3.44. The molecule has 0 aliphatic carbocycles. The van der Waals surface area contributed by atoms with Gasteiger partial charge in [-0.2, -0.15) is 0 Å². The van der Waals surface area contributed by atoms with Crippen molar-refractivity contribution in [2.45, 2.75) is 24.8 Å². The molecule has 1 aromatic rings. The molecule has 0 aliphatic rings. The van der Waals surface area contributed by atoms with Gasteiger partial charge < -0.3 is 14.8 Å². The smallest absolute Gasteiger partial charge is 0.241 e. The van der Waals surface area contributed by atoms with E-state index in [4.69, 9.17) is 9.47 Å². The van der Waals surface area contributed by atoms with Crippen LogP contribution in [-0.4, -0.2) is 48.4 Å². The molecule has 0 saturated heterocycles. The van der Waals surface area contributed by atoms with Gasteiger partial charge in [0.1, 0.15) is 0 Å². The molecule has 122 valence electrons. The lowest BCUT2D eigenvalue weighted by Crippen LogP contribution is -2.27. The summed E-state index contributed by atoms with van der Waals surface area (Å²) in [5.41, 5.74) is 0. The van der Waals surface area contributed by atoms with Crippen LogP contribution in [0.2, 0.25) is 0 Å². The highest BCUT2D eigenvalue weighted by atomic mass is 32.2. The Morgan fingerprint density at radius 1 is 1.24 bits per heavy atom. The van der Waals surface area contributed by atoms with Crippen LogP contribution < -0.4 is 10.0 Å². The summed E-state index contributed by atoms with van der Waals surface area (Å²) >= 11 is 1.45. The molecule has 0 aromatic carbocycles. The number of ether oxygens (including phenoxy) is 2. The van der Waals surface area contributed by atoms with Crippen molar-refractivity contribution in [3.8, 4) is 0 Å². The normalized spacial score (nSPS) is 11.9. The first-order valence-electron chi connectivity index (χ1n) is 6.94. The molecule has 2 N–H and O–H groups in total. The van der Waals surface area contributed by atoms with Crippen molar-refractivity contribution in [1.82, 2.24) is 10.0 Å². The Labute approximate surface area is 130 Å². The first-order chi connectivity index (χ1) is 10.1. The Bertz CT molecular complexity index is 488. The minimum absolute atomic E-state index is 0.255. The van der Waals surface area contributed by atoms with Crippen molar-refractivity contribution in [2.75, 3.05) is 40.0 Å². The summed E-state index contributed by atoms with van der Waals surface area (Å²) in [6.45, 7) is 5.28. The number of nitrogens with one attached hydrogen (secondary N) is 2. The first-order valence-corrected chi connectivity index (χ1v) is 9.31. The molecule has 0 unspecified atom stereocenters. The Hall–Kier alpha value is -0.510. The third-order valence-electron chi connectivity index (χ3n) is 2.64. The van der Waals surface area contributed by atoms with Gasteiger partial charge in [0.2, 0.25) is 10.0 Å². The van der Waals surface area contributed by atoms with Crippen molar-refractivity contribution >= 4 is 21.4 Å². The van der Waals surface area contributed by atoms with Crippen molar-refractivity contribution < 1.29 is 17.9 Å². The molecular formula is C13H24N2O4S2. The largest absolute Gasteiger partial charge is 0.382 e. The Morgan fingerprint density at radius 3 is 2.76 bits per heavy atom.